The fourth-order valence-corrected chi connectivity index (χ4v) is 1.88. The van der Waals surface area contributed by atoms with Crippen LogP contribution >= 0.6 is 0 Å². The zero-order valence-electron chi connectivity index (χ0n) is 11.3. The highest BCUT2D eigenvalue weighted by Gasteiger charge is 2.17. The number of rotatable bonds is 6. The lowest BCUT2D eigenvalue weighted by molar-refractivity contribution is 0.0562. The Bertz CT molecular complexity index is 386. The van der Waals surface area contributed by atoms with Gasteiger partial charge in [0, 0.05) is 6.04 Å². The normalized spacial score (nSPS) is 16.1. The van der Waals surface area contributed by atoms with Crippen LogP contribution < -0.4 is 5.32 Å². The third kappa shape index (κ3) is 4.16. The van der Waals surface area contributed by atoms with Gasteiger partial charge in [-0.1, -0.05) is 0 Å². The lowest BCUT2D eigenvalue weighted by Gasteiger charge is -2.19. The van der Waals surface area contributed by atoms with Gasteiger partial charge >= 0.3 is 5.97 Å². The number of carbonyl (C=O) groups is 1. The lowest BCUT2D eigenvalue weighted by Crippen LogP contribution is -2.31. The van der Waals surface area contributed by atoms with E-state index in [1.54, 1.807) is 19.1 Å². The summed E-state index contributed by atoms with van der Waals surface area (Å²) in [7, 11) is 1.32. The second kappa shape index (κ2) is 6.56. The Morgan fingerprint density at radius 3 is 2.67 bits per heavy atom. The fourth-order valence-electron chi connectivity index (χ4n) is 1.88. The van der Waals surface area contributed by atoms with Crippen LogP contribution in [0.15, 0.2) is 16.5 Å². The predicted octanol–water partition coefficient (Wildman–Crippen LogP) is 1.88. The van der Waals surface area contributed by atoms with Crippen molar-refractivity contribution in [2.24, 2.45) is 0 Å². The maximum atomic E-state index is 11.2. The molecule has 1 aromatic rings. The fraction of sp³-hybridized carbons (Fsp3) is 0.615. The minimum absolute atomic E-state index is 0.0304. The van der Waals surface area contributed by atoms with Crippen LogP contribution in [0.25, 0.3) is 0 Å². The number of ether oxygens (including phenoxy) is 1. The van der Waals surface area contributed by atoms with Crippen LogP contribution in [0.3, 0.4) is 0 Å². The van der Waals surface area contributed by atoms with E-state index in [0.29, 0.717) is 12.2 Å². The first-order valence-corrected chi connectivity index (χ1v) is 6.06. The molecule has 0 aliphatic carbocycles. The molecule has 0 aromatic carbocycles. The molecule has 0 amide bonds. The summed E-state index contributed by atoms with van der Waals surface area (Å²) in [5.41, 5.74) is 0. The highest BCUT2D eigenvalue weighted by atomic mass is 16.5. The highest BCUT2D eigenvalue weighted by molar-refractivity contribution is 5.86. The summed E-state index contributed by atoms with van der Waals surface area (Å²) in [4.78, 5) is 11.2. The molecular formula is C13H21NO4. The van der Waals surface area contributed by atoms with Gasteiger partial charge in [-0.25, -0.2) is 4.79 Å². The van der Waals surface area contributed by atoms with E-state index in [1.807, 2.05) is 13.8 Å². The Kier molecular flexibility index (Phi) is 5.37. The van der Waals surface area contributed by atoms with Crippen molar-refractivity contribution in [3.05, 3.63) is 23.7 Å². The Balaban J connectivity index is 2.58. The van der Waals surface area contributed by atoms with Crippen LogP contribution in [0, 0.1) is 0 Å². The van der Waals surface area contributed by atoms with Crippen molar-refractivity contribution in [2.75, 3.05) is 7.11 Å². The van der Waals surface area contributed by atoms with Crippen LogP contribution in [0.2, 0.25) is 0 Å². The number of nitrogens with one attached hydrogen (secondary N) is 1. The summed E-state index contributed by atoms with van der Waals surface area (Å²) in [6.45, 7) is 5.69. The molecular weight excluding hydrogens is 234 g/mol. The molecule has 0 spiro atoms. The van der Waals surface area contributed by atoms with Gasteiger partial charge in [0.2, 0.25) is 5.76 Å². The van der Waals surface area contributed by atoms with E-state index >= 15 is 0 Å². The van der Waals surface area contributed by atoms with Gasteiger partial charge in [-0.15, -0.1) is 0 Å². The molecule has 0 saturated heterocycles. The molecule has 0 saturated carbocycles. The second-order valence-corrected chi connectivity index (χ2v) is 4.57. The second-order valence-electron chi connectivity index (χ2n) is 4.57. The third-order valence-corrected chi connectivity index (χ3v) is 2.67. The van der Waals surface area contributed by atoms with E-state index < -0.39 is 5.97 Å². The van der Waals surface area contributed by atoms with Gasteiger partial charge in [-0.2, -0.15) is 0 Å². The summed E-state index contributed by atoms with van der Waals surface area (Å²) < 4.78 is 9.98. The van der Waals surface area contributed by atoms with Gasteiger partial charge in [0.15, 0.2) is 0 Å². The molecule has 0 aliphatic heterocycles. The molecule has 0 radical (unpaired) electrons. The summed E-state index contributed by atoms with van der Waals surface area (Å²) in [6.07, 6.45) is 0.316. The molecule has 1 aromatic heterocycles. The number of esters is 1. The lowest BCUT2D eigenvalue weighted by atomic mass is 10.1. The molecule has 102 valence electrons. The quantitative estimate of drug-likeness (QED) is 0.759. The van der Waals surface area contributed by atoms with Crippen LogP contribution in [0.1, 0.15) is 49.5 Å². The van der Waals surface area contributed by atoms with Crippen molar-refractivity contribution in [2.45, 2.75) is 45.4 Å². The molecule has 0 fully saturated rings. The van der Waals surface area contributed by atoms with Crippen molar-refractivity contribution in [3.8, 4) is 0 Å². The van der Waals surface area contributed by atoms with Crippen LogP contribution in [-0.2, 0) is 4.74 Å². The largest absolute Gasteiger partial charge is 0.463 e. The molecule has 1 rings (SSSR count). The van der Waals surface area contributed by atoms with Crippen molar-refractivity contribution in [1.29, 1.82) is 0 Å². The number of aliphatic hydroxyl groups excluding tert-OH is 1. The molecule has 3 unspecified atom stereocenters. The SMILES string of the molecule is COC(=O)c1ccc(C(C)NC(C)CC(C)O)o1. The molecule has 2 N–H and O–H groups in total. The molecule has 3 atom stereocenters. The minimum atomic E-state index is -0.481. The predicted molar refractivity (Wildman–Crippen MR) is 67.4 cm³/mol. The standard InChI is InChI=1S/C13H21NO4/c1-8(7-9(2)15)14-10(3)11-5-6-12(18-11)13(16)17-4/h5-6,8-10,14-15H,7H2,1-4H3. The van der Waals surface area contributed by atoms with Gasteiger partial charge < -0.3 is 19.6 Å². The maximum absolute atomic E-state index is 11.2. The van der Waals surface area contributed by atoms with E-state index in [1.165, 1.54) is 7.11 Å². The van der Waals surface area contributed by atoms with Crippen LogP contribution in [-0.4, -0.2) is 30.3 Å². The first-order chi connectivity index (χ1) is 8.43. The molecule has 5 heteroatoms. The number of hydrogen-bond acceptors (Lipinski definition) is 5. The minimum Gasteiger partial charge on any atom is -0.463 e. The number of hydrogen-bond donors (Lipinski definition) is 2. The third-order valence-electron chi connectivity index (χ3n) is 2.67. The summed E-state index contributed by atoms with van der Waals surface area (Å²) in [6, 6.07) is 3.47. The zero-order chi connectivity index (χ0) is 13.7. The summed E-state index contributed by atoms with van der Waals surface area (Å²) in [5, 5.41) is 12.6. The van der Waals surface area contributed by atoms with Crippen molar-refractivity contribution in [1.82, 2.24) is 5.32 Å². The van der Waals surface area contributed by atoms with E-state index in [9.17, 15) is 9.90 Å². The van der Waals surface area contributed by atoms with E-state index in [4.69, 9.17) is 4.42 Å². The average molecular weight is 255 g/mol. The molecule has 5 nitrogen and oxygen atoms in total. The number of methoxy groups -OCH3 is 1. The van der Waals surface area contributed by atoms with Gasteiger partial charge in [0.25, 0.3) is 0 Å². The Hall–Kier alpha value is -1.33. The zero-order valence-corrected chi connectivity index (χ0v) is 11.3. The smallest absolute Gasteiger partial charge is 0.373 e. The van der Waals surface area contributed by atoms with Gasteiger partial charge in [-0.05, 0) is 39.3 Å². The molecule has 18 heavy (non-hydrogen) atoms. The van der Waals surface area contributed by atoms with Gasteiger partial charge in [0.1, 0.15) is 5.76 Å². The number of furan rings is 1. The highest BCUT2D eigenvalue weighted by Crippen LogP contribution is 2.18. The van der Waals surface area contributed by atoms with Crippen molar-refractivity contribution >= 4 is 5.97 Å². The molecule has 0 bridgehead atoms. The van der Waals surface area contributed by atoms with E-state index in [0.717, 1.165) is 0 Å². The number of aliphatic hydroxyl groups is 1. The van der Waals surface area contributed by atoms with Crippen LogP contribution in [0.4, 0.5) is 0 Å². The monoisotopic (exact) mass is 255 g/mol. The van der Waals surface area contributed by atoms with Gasteiger partial charge in [-0.3, -0.25) is 0 Å². The average Bonchev–Trinajstić information content (AvgIpc) is 2.75. The first-order valence-electron chi connectivity index (χ1n) is 6.06. The first kappa shape index (κ1) is 14.7. The summed E-state index contributed by atoms with van der Waals surface area (Å²) in [5.74, 6) is 0.391. The van der Waals surface area contributed by atoms with E-state index in [2.05, 4.69) is 10.1 Å². The topological polar surface area (TPSA) is 71.7 Å². The Morgan fingerprint density at radius 2 is 2.11 bits per heavy atom. The van der Waals surface area contributed by atoms with Crippen molar-refractivity contribution < 1.29 is 19.1 Å². The van der Waals surface area contributed by atoms with Gasteiger partial charge in [0.05, 0.1) is 19.3 Å². The Labute approximate surface area is 107 Å². The maximum Gasteiger partial charge on any atom is 0.373 e. The summed E-state index contributed by atoms with van der Waals surface area (Å²) >= 11 is 0. The molecule has 0 aliphatic rings. The number of carbonyl (C=O) groups excluding carboxylic acids is 1. The van der Waals surface area contributed by atoms with E-state index in [-0.39, 0.29) is 23.9 Å². The Morgan fingerprint density at radius 1 is 1.44 bits per heavy atom. The van der Waals surface area contributed by atoms with Crippen LogP contribution in [0.5, 0.6) is 0 Å². The van der Waals surface area contributed by atoms with Crippen molar-refractivity contribution in [3.63, 3.8) is 0 Å². The molecule has 1 heterocycles.